The molecule has 0 saturated heterocycles. The van der Waals surface area contributed by atoms with E-state index in [2.05, 4.69) is 0 Å². The second kappa shape index (κ2) is 3.33. The predicted molar refractivity (Wildman–Crippen MR) is 52.9 cm³/mol. The second-order valence-corrected chi connectivity index (χ2v) is 3.71. The maximum atomic E-state index is 9.54. The van der Waals surface area contributed by atoms with Crippen molar-refractivity contribution < 1.29 is 14.6 Å². The van der Waals surface area contributed by atoms with Gasteiger partial charge in [-0.05, 0) is 13.8 Å². The molecule has 76 valence electrons. The van der Waals surface area contributed by atoms with Crippen LogP contribution in [0.3, 0.4) is 0 Å². The first-order valence-corrected chi connectivity index (χ1v) is 4.75. The van der Waals surface area contributed by atoms with Gasteiger partial charge < -0.3 is 14.6 Å². The molecule has 1 atom stereocenters. The van der Waals surface area contributed by atoms with E-state index >= 15 is 0 Å². The molecule has 4 heteroatoms. The summed E-state index contributed by atoms with van der Waals surface area (Å²) in [7, 11) is 0. The molecule has 1 aromatic rings. The Labute approximate surface area is 87.2 Å². The summed E-state index contributed by atoms with van der Waals surface area (Å²) >= 11 is 6.01. The molecule has 0 fully saturated rings. The van der Waals surface area contributed by atoms with Crippen LogP contribution in [0.1, 0.15) is 24.2 Å². The zero-order valence-corrected chi connectivity index (χ0v) is 8.76. The molecule has 0 aliphatic carbocycles. The highest BCUT2D eigenvalue weighted by Crippen LogP contribution is 2.42. The summed E-state index contributed by atoms with van der Waals surface area (Å²) in [6.07, 6.45) is -0.600. The molecule has 1 N–H and O–H groups in total. The topological polar surface area (TPSA) is 38.7 Å². The summed E-state index contributed by atoms with van der Waals surface area (Å²) in [5.41, 5.74) is 1.55. The Morgan fingerprint density at radius 3 is 2.86 bits per heavy atom. The molecule has 2 rings (SSSR count). The van der Waals surface area contributed by atoms with Crippen LogP contribution in [-0.2, 0) is 0 Å². The van der Waals surface area contributed by atoms with Gasteiger partial charge in [0.05, 0.1) is 11.1 Å². The van der Waals surface area contributed by atoms with Gasteiger partial charge in [0.15, 0.2) is 11.5 Å². The summed E-state index contributed by atoms with van der Waals surface area (Å²) in [5, 5.41) is 10.1. The molecule has 0 spiro atoms. The molecule has 1 aliphatic rings. The number of halogens is 1. The fraction of sp³-hybridized carbons (Fsp3) is 0.400. The third-order valence-corrected chi connectivity index (χ3v) is 2.63. The quantitative estimate of drug-likeness (QED) is 0.781. The van der Waals surface area contributed by atoms with Gasteiger partial charge >= 0.3 is 0 Å². The van der Waals surface area contributed by atoms with Crippen molar-refractivity contribution in [2.75, 3.05) is 6.79 Å². The van der Waals surface area contributed by atoms with Crippen LogP contribution in [0.2, 0.25) is 5.02 Å². The molecule has 1 heterocycles. The Hall–Kier alpha value is -0.930. The number of fused-ring (bicyclic) bond motifs is 1. The molecule has 0 bridgehead atoms. The molecule has 3 nitrogen and oxygen atoms in total. The lowest BCUT2D eigenvalue weighted by Crippen LogP contribution is -1.98. The van der Waals surface area contributed by atoms with Crippen LogP contribution in [-0.4, -0.2) is 11.9 Å². The van der Waals surface area contributed by atoms with Gasteiger partial charge in [-0.25, -0.2) is 0 Å². The fourth-order valence-electron chi connectivity index (χ4n) is 1.70. The maximum absolute atomic E-state index is 9.54. The van der Waals surface area contributed by atoms with Gasteiger partial charge in [0, 0.05) is 17.2 Å². The highest BCUT2D eigenvalue weighted by Gasteiger charge is 2.22. The first-order valence-electron chi connectivity index (χ1n) is 4.38. The predicted octanol–water partition coefficient (Wildman–Crippen LogP) is 2.43. The van der Waals surface area contributed by atoms with Crippen molar-refractivity contribution in [2.24, 2.45) is 0 Å². The fourth-order valence-corrected chi connectivity index (χ4v) is 2.09. The average molecular weight is 215 g/mol. The number of rotatable bonds is 1. The van der Waals surface area contributed by atoms with Crippen molar-refractivity contribution in [1.82, 2.24) is 0 Å². The van der Waals surface area contributed by atoms with Crippen molar-refractivity contribution in [1.29, 1.82) is 0 Å². The lowest BCUT2D eigenvalue weighted by molar-refractivity contribution is 0.172. The third kappa shape index (κ3) is 1.33. The molecular weight excluding hydrogens is 204 g/mol. The van der Waals surface area contributed by atoms with Crippen LogP contribution in [0.15, 0.2) is 6.07 Å². The van der Waals surface area contributed by atoms with E-state index in [9.17, 15) is 5.11 Å². The van der Waals surface area contributed by atoms with E-state index < -0.39 is 6.10 Å². The lowest BCUT2D eigenvalue weighted by Gasteiger charge is -2.13. The van der Waals surface area contributed by atoms with Gasteiger partial charge in [0.25, 0.3) is 0 Å². The monoisotopic (exact) mass is 214 g/mol. The van der Waals surface area contributed by atoms with E-state index in [1.807, 2.05) is 6.92 Å². The zero-order valence-electron chi connectivity index (χ0n) is 8.00. The van der Waals surface area contributed by atoms with E-state index in [1.165, 1.54) is 0 Å². The van der Waals surface area contributed by atoms with Crippen LogP contribution in [0.5, 0.6) is 11.5 Å². The van der Waals surface area contributed by atoms with Gasteiger partial charge in [0.1, 0.15) is 0 Å². The molecule has 1 unspecified atom stereocenters. The van der Waals surface area contributed by atoms with E-state index in [0.717, 1.165) is 5.56 Å². The molecule has 1 aliphatic heterocycles. The Morgan fingerprint density at radius 1 is 1.50 bits per heavy atom. The Kier molecular flexibility index (Phi) is 2.29. The van der Waals surface area contributed by atoms with Gasteiger partial charge in [-0.3, -0.25) is 0 Å². The van der Waals surface area contributed by atoms with Crippen LogP contribution < -0.4 is 9.47 Å². The highest BCUT2D eigenvalue weighted by atomic mass is 35.5. The van der Waals surface area contributed by atoms with E-state index in [1.54, 1.807) is 13.0 Å². The number of aliphatic hydroxyl groups excluding tert-OH is 1. The summed E-state index contributed by atoms with van der Waals surface area (Å²) < 4.78 is 10.5. The number of hydrogen-bond donors (Lipinski definition) is 1. The van der Waals surface area contributed by atoms with Gasteiger partial charge in [-0.2, -0.15) is 0 Å². The number of ether oxygens (including phenoxy) is 2. The van der Waals surface area contributed by atoms with Crippen molar-refractivity contribution in [3.63, 3.8) is 0 Å². The van der Waals surface area contributed by atoms with E-state index in [0.29, 0.717) is 22.1 Å². The summed E-state index contributed by atoms with van der Waals surface area (Å²) in [6, 6.07) is 1.68. The standard InChI is InChI=1S/C10H11ClO3/c1-5-9(6(2)12)7(11)3-8-10(5)14-4-13-8/h3,6,12H,4H2,1-2H3. The molecule has 14 heavy (non-hydrogen) atoms. The maximum Gasteiger partial charge on any atom is 0.231 e. The van der Waals surface area contributed by atoms with Crippen LogP contribution in [0.25, 0.3) is 0 Å². The van der Waals surface area contributed by atoms with Crippen molar-refractivity contribution >= 4 is 11.6 Å². The van der Waals surface area contributed by atoms with Gasteiger partial charge in [-0.1, -0.05) is 11.6 Å². The average Bonchev–Trinajstić information content (AvgIpc) is 2.50. The van der Waals surface area contributed by atoms with Crippen LogP contribution in [0.4, 0.5) is 0 Å². The Bertz CT molecular complexity index is 374. The van der Waals surface area contributed by atoms with Crippen molar-refractivity contribution in [3.8, 4) is 11.5 Å². The minimum atomic E-state index is -0.600. The largest absolute Gasteiger partial charge is 0.454 e. The van der Waals surface area contributed by atoms with E-state index in [4.69, 9.17) is 21.1 Å². The first kappa shape index (κ1) is 9.62. The molecule has 0 amide bonds. The van der Waals surface area contributed by atoms with Crippen molar-refractivity contribution in [3.05, 3.63) is 22.2 Å². The first-order chi connectivity index (χ1) is 6.61. The minimum absolute atomic E-state index is 0.218. The summed E-state index contributed by atoms with van der Waals surface area (Å²) in [6.45, 7) is 3.76. The third-order valence-electron chi connectivity index (χ3n) is 2.32. The van der Waals surface area contributed by atoms with Gasteiger partial charge in [0.2, 0.25) is 6.79 Å². The summed E-state index contributed by atoms with van der Waals surface area (Å²) in [5.74, 6) is 1.34. The minimum Gasteiger partial charge on any atom is -0.454 e. The second-order valence-electron chi connectivity index (χ2n) is 3.31. The zero-order chi connectivity index (χ0) is 10.3. The number of hydrogen-bond acceptors (Lipinski definition) is 3. The lowest BCUT2D eigenvalue weighted by atomic mass is 10.0. The molecule has 1 aromatic carbocycles. The smallest absolute Gasteiger partial charge is 0.231 e. The molecule has 0 aromatic heterocycles. The normalized spacial score (nSPS) is 15.7. The number of benzene rings is 1. The highest BCUT2D eigenvalue weighted by molar-refractivity contribution is 6.31. The van der Waals surface area contributed by atoms with Crippen molar-refractivity contribution in [2.45, 2.75) is 20.0 Å². The Morgan fingerprint density at radius 2 is 2.21 bits per heavy atom. The molecular formula is C10H11ClO3. The van der Waals surface area contributed by atoms with Gasteiger partial charge in [-0.15, -0.1) is 0 Å². The van der Waals surface area contributed by atoms with Crippen LogP contribution >= 0.6 is 11.6 Å². The number of aliphatic hydroxyl groups is 1. The molecule has 0 saturated carbocycles. The summed E-state index contributed by atoms with van der Waals surface area (Å²) in [4.78, 5) is 0. The van der Waals surface area contributed by atoms with E-state index in [-0.39, 0.29) is 6.79 Å². The Balaban J connectivity index is 2.62. The SMILES string of the molecule is Cc1c2c(cc(Cl)c1C(C)O)OCO2. The molecule has 0 radical (unpaired) electrons. The van der Waals surface area contributed by atoms with Crippen LogP contribution in [0, 0.1) is 6.92 Å².